The fraction of sp³-hybridized carbons (Fsp3) is 0.450. The van der Waals surface area contributed by atoms with E-state index in [1.807, 2.05) is 58.9 Å². The van der Waals surface area contributed by atoms with Crippen molar-refractivity contribution in [1.82, 2.24) is 4.90 Å². The van der Waals surface area contributed by atoms with E-state index in [0.717, 1.165) is 41.5 Å². The van der Waals surface area contributed by atoms with Crippen LogP contribution in [0.1, 0.15) is 73.3 Å². The molecule has 0 aromatic heterocycles. The van der Waals surface area contributed by atoms with E-state index in [4.69, 9.17) is 9.47 Å². The highest BCUT2D eigenvalue weighted by Gasteiger charge is 2.56. The number of ether oxygens (including phenoxy) is 2. The molecule has 0 spiro atoms. The van der Waals surface area contributed by atoms with Gasteiger partial charge in [-0.05, 0) is 113 Å². The normalized spacial score (nSPS) is 22.1. The van der Waals surface area contributed by atoms with E-state index >= 15 is 0 Å². The molecular weight excluding hydrogens is 634 g/mol. The fourth-order valence-corrected chi connectivity index (χ4v) is 7.18. The molecule has 0 bridgehead atoms. The molecule has 1 aliphatic heterocycles. The number of benzene rings is 3. The summed E-state index contributed by atoms with van der Waals surface area (Å²) in [5.74, 6) is -4.66. The quantitative estimate of drug-likeness (QED) is 0.222. The van der Waals surface area contributed by atoms with Gasteiger partial charge in [-0.2, -0.15) is 0 Å². The zero-order valence-corrected chi connectivity index (χ0v) is 29.9. The van der Waals surface area contributed by atoms with Crippen molar-refractivity contribution in [2.45, 2.75) is 78.7 Å². The lowest BCUT2D eigenvalue weighted by atomic mass is 9.61. The molecule has 3 aromatic rings. The lowest BCUT2D eigenvalue weighted by molar-refractivity contribution is -0.151. The van der Waals surface area contributed by atoms with Crippen molar-refractivity contribution in [2.75, 3.05) is 36.9 Å². The fourth-order valence-electron chi connectivity index (χ4n) is 7.18. The monoisotopic (exact) mass is 683 g/mol. The molecule has 0 radical (unpaired) electrons. The Morgan fingerprint density at radius 3 is 2.04 bits per heavy atom. The number of nitrogens with one attached hydrogen (secondary N) is 2. The smallest absolute Gasteiger partial charge is 0.260 e. The number of piperidine rings is 1. The van der Waals surface area contributed by atoms with Crippen LogP contribution in [-0.2, 0) is 19.2 Å². The molecule has 5 rings (SSSR count). The van der Waals surface area contributed by atoms with Crippen LogP contribution in [0.15, 0.2) is 54.6 Å². The van der Waals surface area contributed by atoms with Gasteiger partial charge in [0.1, 0.15) is 11.7 Å². The molecule has 2 fully saturated rings. The SMILES string of the molecule is CCOc1cc(C2C(C(=O)Nc3cccc(C)c3C)C(=O)CC(C)(O)C2C(=O)Nc2cccc(C)c2C)ccc1OCC(=O)N1CCCCC1. The average molecular weight is 684 g/mol. The highest BCUT2D eigenvalue weighted by Crippen LogP contribution is 2.48. The minimum absolute atomic E-state index is 0.114. The summed E-state index contributed by atoms with van der Waals surface area (Å²) >= 11 is 0. The van der Waals surface area contributed by atoms with E-state index in [9.17, 15) is 24.3 Å². The van der Waals surface area contributed by atoms with E-state index in [2.05, 4.69) is 10.6 Å². The number of carbonyl (C=O) groups is 4. The van der Waals surface area contributed by atoms with Crippen LogP contribution in [0.4, 0.5) is 11.4 Å². The summed E-state index contributed by atoms with van der Waals surface area (Å²) in [6.45, 7) is 12.4. The van der Waals surface area contributed by atoms with E-state index < -0.39 is 47.4 Å². The molecule has 2 aliphatic rings. The zero-order valence-electron chi connectivity index (χ0n) is 29.9. The van der Waals surface area contributed by atoms with Crippen molar-refractivity contribution in [3.05, 3.63) is 82.4 Å². The summed E-state index contributed by atoms with van der Waals surface area (Å²) in [6, 6.07) is 16.1. The van der Waals surface area contributed by atoms with Crippen LogP contribution in [0.2, 0.25) is 0 Å². The van der Waals surface area contributed by atoms with Gasteiger partial charge >= 0.3 is 0 Å². The van der Waals surface area contributed by atoms with Crippen molar-refractivity contribution >= 4 is 34.9 Å². The molecule has 1 saturated heterocycles. The maximum absolute atomic E-state index is 14.4. The molecule has 3 aromatic carbocycles. The first-order valence-electron chi connectivity index (χ1n) is 17.5. The van der Waals surface area contributed by atoms with Crippen LogP contribution in [0, 0.1) is 39.5 Å². The topological polar surface area (TPSA) is 134 Å². The van der Waals surface area contributed by atoms with Crippen LogP contribution in [0.5, 0.6) is 11.5 Å². The second kappa shape index (κ2) is 15.5. The van der Waals surface area contributed by atoms with Gasteiger partial charge in [-0.25, -0.2) is 0 Å². The lowest BCUT2D eigenvalue weighted by Gasteiger charge is -2.44. The van der Waals surface area contributed by atoms with Crippen molar-refractivity contribution in [3.8, 4) is 11.5 Å². The van der Waals surface area contributed by atoms with Crippen LogP contribution in [0.25, 0.3) is 0 Å². The lowest BCUT2D eigenvalue weighted by Crippen LogP contribution is -2.56. The molecule has 1 saturated carbocycles. The molecule has 10 heteroatoms. The molecule has 1 aliphatic carbocycles. The number of Topliss-reactive ketones (excluding diaryl/α,β-unsaturated/α-hetero) is 1. The highest BCUT2D eigenvalue weighted by atomic mass is 16.5. The van der Waals surface area contributed by atoms with Crippen LogP contribution >= 0.6 is 0 Å². The van der Waals surface area contributed by atoms with Gasteiger partial charge in [0.2, 0.25) is 11.8 Å². The Morgan fingerprint density at radius 1 is 0.840 bits per heavy atom. The van der Waals surface area contributed by atoms with Crippen molar-refractivity contribution in [1.29, 1.82) is 0 Å². The number of nitrogens with zero attached hydrogens (tertiary/aromatic N) is 1. The molecule has 3 N–H and O–H groups in total. The van der Waals surface area contributed by atoms with Gasteiger partial charge in [0.25, 0.3) is 5.91 Å². The number of likely N-dealkylation sites (tertiary alicyclic amines) is 1. The second-order valence-electron chi connectivity index (χ2n) is 13.8. The molecule has 3 amide bonds. The maximum atomic E-state index is 14.4. The Bertz CT molecular complexity index is 1760. The Kier molecular flexibility index (Phi) is 11.3. The van der Waals surface area contributed by atoms with Crippen LogP contribution in [0.3, 0.4) is 0 Å². The predicted molar refractivity (Wildman–Crippen MR) is 193 cm³/mol. The third-order valence-corrected chi connectivity index (χ3v) is 10.3. The third kappa shape index (κ3) is 7.86. The summed E-state index contributed by atoms with van der Waals surface area (Å²) in [7, 11) is 0. The number of ketones is 1. The summed E-state index contributed by atoms with van der Waals surface area (Å²) in [4.78, 5) is 57.2. The number of rotatable bonds is 10. The van der Waals surface area contributed by atoms with Gasteiger partial charge in [0.05, 0.1) is 18.1 Å². The molecule has 50 heavy (non-hydrogen) atoms. The first-order chi connectivity index (χ1) is 23.8. The van der Waals surface area contributed by atoms with E-state index in [1.165, 1.54) is 6.92 Å². The number of hydrogen-bond acceptors (Lipinski definition) is 7. The van der Waals surface area contributed by atoms with Crippen LogP contribution in [-0.4, -0.2) is 65.4 Å². The Hall–Kier alpha value is -4.70. The minimum atomic E-state index is -1.79. The largest absolute Gasteiger partial charge is 0.490 e. The van der Waals surface area contributed by atoms with Gasteiger partial charge in [-0.3, -0.25) is 19.2 Å². The standard InChI is InChI=1S/C40H49N3O7/c1-7-49-33-21-28(17-18-32(33)50-23-34(45)43-19-9-8-10-20-43)35-36(38(46)41-29-15-11-13-24(2)26(29)4)31(44)22-40(6,48)37(35)39(47)42-30-16-12-14-25(3)27(30)5/h11-18,21,35-37,48H,7-10,19-20,22-23H2,1-6H3,(H,41,46)(H,42,47). The zero-order chi connectivity index (χ0) is 36.2. The number of hydrogen-bond donors (Lipinski definition) is 3. The Balaban J connectivity index is 1.56. The Morgan fingerprint density at radius 2 is 1.44 bits per heavy atom. The predicted octanol–water partition coefficient (Wildman–Crippen LogP) is 6.03. The van der Waals surface area contributed by atoms with Gasteiger partial charge in [0.15, 0.2) is 18.1 Å². The first kappa shape index (κ1) is 36.6. The number of carbonyl (C=O) groups excluding carboxylic acids is 4. The summed E-state index contributed by atoms with van der Waals surface area (Å²) < 4.78 is 11.9. The molecule has 4 unspecified atom stereocenters. The van der Waals surface area contributed by atoms with Gasteiger partial charge in [-0.15, -0.1) is 0 Å². The summed E-state index contributed by atoms with van der Waals surface area (Å²) in [6.07, 6.45) is 2.64. The third-order valence-electron chi connectivity index (χ3n) is 10.3. The number of amides is 3. The van der Waals surface area contributed by atoms with Crippen molar-refractivity contribution in [2.24, 2.45) is 11.8 Å². The van der Waals surface area contributed by atoms with Crippen LogP contribution < -0.4 is 20.1 Å². The van der Waals surface area contributed by atoms with E-state index in [-0.39, 0.29) is 19.1 Å². The second-order valence-corrected chi connectivity index (χ2v) is 13.8. The summed E-state index contributed by atoms with van der Waals surface area (Å²) in [5, 5.41) is 17.8. The number of aliphatic hydroxyl groups is 1. The average Bonchev–Trinajstić information content (AvgIpc) is 3.07. The molecule has 10 nitrogen and oxygen atoms in total. The first-order valence-corrected chi connectivity index (χ1v) is 17.5. The molecule has 1 heterocycles. The number of aryl methyl sites for hydroxylation is 2. The maximum Gasteiger partial charge on any atom is 0.260 e. The summed E-state index contributed by atoms with van der Waals surface area (Å²) in [5.41, 5.74) is 3.47. The number of anilines is 2. The highest BCUT2D eigenvalue weighted by molar-refractivity contribution is 6.10. The molecule has 4 atom stereocenters. The van der Waals surface area contributed by atoms with Gasteiger partial charge < -0.3 is 30.1 Å². The Labute approximate surface area is 294 Å². The van der Waals surface area contributed by atoms with E-state index in [0.29, 0.717) is 41.5 Å². The molecular formula is C40H49N3O7. The van der Waals surface area contributed by atoms with Crippen molar-refractivity contribution in [3.63, 3.8) is 0 Å². The van der Waals surface area contributed by atoms with E-state index in [1.54, 1.807) is 35.2 Å². The van der Waals surface area contributed by atoms with Gasteiger partial charge in [-0.1, -0.05) is 30.3 Å². The van der Waals surface area contributed by atoms with Gasteiger partial charge in [0, 0.05) is 36.8 Å². The minimum Gasteiger partial charge on any atom is -0.490 e. The van der Waals surface area contributed by atoms with Crippen molar-refractivity contribution < 1.29 is 33.8 Å². The molecule has 266 valence electrons.